The average Bonchev–Trinajstić information content (AvgIpc) is 2.91. The largest absolute Gasteiger partial charge is 0.393 e. The molecule has 0 aromatic heterocycles. The number of hydrogen-bond acceptors (Lipinski definition) is 7. The number of piperidine rings is 1. The van der Waals surface area contributed by atoms with Crippen LogP contribution in [0, 0.1) is 0 Å². The molecular formula is C19H23N3O6. The van der Waals surface area contributed by atoms with Gasteiger partial charge in [-0.05, 0) is 32.4 Å². The Morgan fingerprint density at radius 2 is 2.00 bits per heavy atom. The lowest BCUT2D eigenvalue weighted by atomic mass is 10.0. The molecule has 9 heteroatoms. The number of aliphatic hydroxyl groups is 1. The van der Waals surface area contributed by atoms with Gasteiger partial charge in [0.25, 0.3) is 11.8 Å². The molecule has 1 unspecified atom stereocenters. The molecule has 3 N–H and O–H groups in total. The molecular weight excluding hydrogens is 366 g/mol. The van der Waals surface area contributed by atoms with Crippen molar-refractivity contribution in [2.45, 2.75) is 38.3 Å². The second kappa shape index (κ2) is 7.69. The number of rotatable bonds is 7. The fraction of sp³-hybridized carbons (Fsp3) is 0.474. The molecule has 0 radical (unpaired) electrons. The molecule has 4 amide bonds. The topological polar surface area (TPSA) is 125 Å². The second-order valence-corrected chi connectivity index (χ2v) is 7.37. The molecule has 0 saturated carbocycles. The zero-order valence-corrected chi connectivity index (χ0v) is 15.8. The highest BCUT2D eigenvalue weighted by atomic mass is 16.5. The van der Waals surface area contributed by atoms with Gasteiger partial charge in [0.05, 0.1) is 29.9 Å². The third kappa shape index (κ3) is 3.76. The Bertz CT molecular complexity index is 835. The number of amides is 4. The van der Waals surface area contributed by atoms with Crippen LogP contribution in [0.5, 0.6) is 0 Å². The molecule has 1 atom stereocenters. The van der Waals surface area contributed by atoms with E-state index >= 15 is 0 Å². The van der Waals surface area contributed by atoms with Crippen LogP contribution in [0.25, 0.3) is 0 Å². The Morgan fingerprint density at radius 1 is 1.25 bits per heavy atom. The number of aliphatic hydroxyl groups excluding tert-OH is 1. The van der Waals surface area contributed by atoms with E-state index in [0.29, 0.717) is 12.2 Å². The summed E-state index contributed by atoms with van der Waals surface area (Å²) in [6.45, 7) is 4.04. The number of nitrogens with zero attached hydrogens (tertiary/aromatic N) is 1. The normalized spacial score (nSPS) is 19.7. The van der Waals surface area contributed by atoms with Crippen LogP contribution in [0.1, 0.15) is 47.4 Å². The Kier molecular flexibility index (Phi) is 5.48. The van der Waals surface area contributed by atoms with Crippen molar-refractivity contribution in [2.24, 2.45) is 0 Å². The van der Waals surface area contributed by atoms with Crippen LogP contribution in [0.3, 0.4) is 0 Å². The first-order valence-corrected chi connectivity index (χ1v) is 9.08. The molecule has 1 aromatic carbocycles. The number of hydrogen-bond donors (Lipinski definition) is 3. The third-order valence-corrected chi connectivity index (χ3v) is 4.76. The maximum atomic E-state index is 12.9. The summed E-state index contributed by atoms with van der Waals surface area (Å²) in [6, 6.07) is 3.87. The van der Waals surface area contributed by atoms with E-state index in [1.807, 2.05) is 0 Å². The Hall–Kier alpha value is -2.78. The second-order valence-electron chi connectivity index (χ2n) is 7.37. The summed E-state index contributed by atoms with van der Waals surface area (Å²) >= 11 is 0. The number of anilines is 1. The lowest BCUT2D eigenvalue weighted by molar-refractivity contribution is -0.136. The summed E-state index contributed by atoms with van der Waals surface area (Å²) in [6.07, 6.45) is 0.190. The summed E-state index contributed by atoms with van der Waals surface area (Å²) in [5.41, 5.74) is 0.222. The van der Waals surface area contributed by atoms with Crippen molar-refractivity contribution in [1.29, 1.82) is 0 Å². The highest BCUT2D eigenvalue weighted by Gasteiger charge is 2.45. The smallest absolute Gasteiger partial charge is 0.264 e. The Morgan fingerprint density at radius 3 is 2.68 bits per heavy atom. The van der Waals surface area contributed by atoms with E-state index in [4.69, 9.17) is 4.74 Å². The Labute approximate surface area is 162 Å². The van der Waals surface area contributed by atoms with Crippen molar-refractivity contribution in [2.75, 3.05) is 25.1 Å². The van der Waals surface area contributed by atoms with Crippen LogP contribution in [-0.2, 0) is 14.3 Å². The van der Waals surface area contributed by atoms with Crippen LogP contribution in [0.4, 0.5) is 5.69 Å². The van der Waals surface area contributed by atoms with Crippen LogP contribution in [0.2, 0.25) is 0 Å². The maximum Gasteiger partial charge on any atom is 0.264 e. The zero-order valence-electron chi connectivity index (χ0n) is 15.8. The van der Waals surface area contributed by atoms with Crippen molar-refractivity contribution in [1.82, 2.24) is 10.2 Å². The molecule has 0 aliphatic carbocycles. The fourth-order valence-electron chi connectivity index (χ4n) is 3.22. The average molecular weight is 389 g/mol. The molecule has 1 aromatic rings. The number of imide groups is 2. The van der Waals surface area contributed by atoms with Gasteiger partial charge in [-0.2, -0.15) is 0 Å². The molecule has 0 spiro atoms. The third-order valence-electron chi connectivity index (χ3n) is 4.76. The number of carbonyl (C=O) groups is 4. The highest BCUT2D eigenvalue weighted by molar-refractivity contribution is 6.25. The SMILES string of the molecule is CC(C)(CO)OCCNc1cccc2c1C(=O)N(C1CCC(=O)NC1=O)C2=O. The minimum absolute atomic E-state index is 0.0763. The van der Waals surface area contributed by atoms with Gasteiger partial charge < -0.3 is 15.2 Å². The van der Waals surface area contributed by atoms with E-state index in [1.54, 1.807) is 26.0 Å². The van der Waals surface area contributed by atoms with Gasteiger partial charge in [0, 0.05) is 18.7 Å². The van der Waals surface area contributed by atoms with Gasteiger partial charge in [0.1, 0.15) is 6.04 Å². The number of benzene rings is 1. The standard InChI is InChI=1S/C19H23N3O6/c1-19(2,10-23)28-9-8-20-12-5-3-4-11-15(12)18(27)22(17(11)26)13-6-7-14(24)21-16(13)25/h3-5,13,20,23H,6-10H2,1-2H3,(H,21,24,25). The van der Waals surface area contributed by atoms with E-state index in [1.165, 1.54) is 6.07 Å². The predicted octanol–water partition coefficient (Wildman–Crippen LogP) is 0.287. The number of fused-ring (bicyclic) bond motifs is 1. The molecule has 1 saturated heterocycles. The van der Waals surface area contributed by atoms with E-state index in [0.717, 1.165) is 4.90 Å². The van der Waals surface area contributed by atoms with E-state index < -0.39 is 35.3 Å². The first kappa shape index (κ1) is 20.0. The summed E-state index contributed by atoms with van der Waals surface area (Å²) in [5.74, 6) is -2.16. The quantitative estimate of drug-likeness (QED) is 0.452. The number of nitrogens with one attached hydrogen (secondary N) is 2. The van der Waals surface area contributed by atoms with Gasteiger partial charge in [-0.1, -0.05) is 6.07 Å². The van der Waals surface area contributed by atoms with Gasteiger partial charge in [0.15, 0.2) is 0 Å². The number of carbonyl (C=O) groups excluding carboxylic acids is 4. The first-order chi connectivity index (χ1) is 13.2. The minimum atomic E-state index is -0.994. The van der Waals surface area contributed by atoms with Crippen molar-refractivity contribution < 1.29 is 29.0 Å². The zero-order chi connectivity index (χ0) is 20.5. The summed E-state index contributed by atoms with van der Waals surface area (Å²) in [4.78, 5) is 50.1. The molecule has 2 aliphatic rings. The van der Waals surface area contributed by atoms with Gasteiger partial charge in [-0.15, -0.1) is 0 Å². The lowest BCUT2D eigenvalue weighted by Crippen LogP contribution is -2.54. The molecule has 2 aliphatic heterocycles. The maximum absolute atomic E-state index is 12.9. The first-order valence-electron chi connectivity index (χ1n) is 9.08. The summed E-state index contributed by atoms with van der Waals surface area (Å²) < 4.78 is 5.55. The van der Waals surface area contributed by atoms with Gasteiger partial charge in [-0.25, -0.2) is 0 Å². The van der Waals surface area contributed by atoms with Gasteiger partial charge in [0.2, 0.25) is 11.8 Å². The van der Waals surface area contributed by atoms with Gasteiger partial charge in [-0.3, -0.25) is 29.4 Å². The molecule has 2 heterocycles. The predicted molar refractivity (Wildman–Crippen MR) is 98.7 cm³/mol. The van der Waals surface area contributed by atoms with Crippen molar-refractivity contribution in [3.63, 3.8) is 0 Å². The summed E-state index contributed by atoms with van der Waals surface area (Å²) in [7, 11) is 0. The Balaban J connectivity index is 1.75. The van der Waals surface area contributed by atoms with Gasteiger partial charge >= 0.3 is 0 Å². The molecule has 9 nitrogen and oxygen atoms in total. The summed E-state index contributed by atoms with van der Waals surface area (Å²) in [5, 5.41) is 14.5. The van der Waals surface area contributed by atoms with Crippen molar-refractivity contribution in [3.8, 4) is 0 Å². The van der Waals surface area contributed by atoms with E-state index in [2.05, 4.69) is 10.6 Å². The van der Waals surface area contributed by atoms with Crippen molar-refractivity contribution >= 4 is 29.3 Å². The van der Waals surface area contributed by atoms with Crippen LogP contribution >= 0.6 is 0 Å². The van der Waals surface area contributed by atoms with Crippen LogP contribution in [-0.4, -0.2) is 65.0 Å². The van der Waals surface area contributed by atoms with Crippen LogP contribution in [0.15, 0.2) is 18.2 Å². The minimum Gasteiger partial charge on any atom is -0.393 e. The molecule has 1 fully saturated rings. The molecule has 150 valence electrons. The van der Waals surface area contributed by atoms with Crippen molar-refractivity contribution in [3.05, 3.63) is 29.3 Å². The highest BCUT2D eigenvalue weighted by Crippen LogP contribution is 2.32. The van der Waals surface area contributed by atoms with E-state index in [9.17, 15) is 24.3 Å². The number of ether oxygens (including phenoxy) is 1. The fourth-order valence-corrected chi connectivity index (χ4v) is 3.22. The molecule has 0 bridgehead atoms. The lowest BCUT2D eigenvalue weighted by Gasteiger charge is -2.27. The van der Waals surface area contributed by atoms with Crippen LogP contribution < -0.4 is 10.6 Å². The molecule has 3 rings (SSSR count). The molecule has 28 heavy (non-hydrogen) atoms. The monoisotopic (exact) mass is 389 g/mol. The van der Waals surface area contributed by atoms with E-state index in [-0.39, 0.29) is 37.2 Å².